The number of rotatable bonds is 6. The Morgan fingerprint density at radius 1 is 1.40 bits per heavy atom. The van der Waals surface area contributed by atoms with E-state index in [0.717, 1.165) is 18.7 Å². The molecule has 1 aliphatic rings. The number of nitrogens with one attached hydrogen (secondary N) is 2. The van der Waals surface area contributed by atoms with Gasteiger partial charge in [-0.25, -0.2) is 4.79 Å². The molecular formula is C14H20N4O2. The minimum Gasteiger partial charge on any atom is -0.385 e. The molecule has 2 N–H and O–H groups in total. The van der Waals surface area contributed by atoms with E-state index in [-0.39, 0.29) is 24.5 Å². The number of nitrogens with zero attached hydrogens (tertiary/aromatic N) is 2. The van der Waals surface area contributed by atoms with Gasteiger partial charge in [0.05, 0.1) is 12.2 Å². The van der Waals surface area contributed by atoms with E-state index in [1.165, 1.54) is 4.90 Å². The number of amides is 3. The summed E-state index contributed by atoms with van der Waals surface area (Å²) in [6.45, 7) is 5.02. The Kier molecular flexibility index (Phi) is 4.55. The highest BCUT2D eigenvalue weighted by Crippen LogP contribution is 2.15. The first-order valence-electron chi connectivity index (χ1n) is 6.96. The molecular weight excluding hydrogens is 256 g/mol. The van der Waals surface area contributed by atoms with Gasteiger partial charge in [0.2, 0.25) is 0 Å². The monoisotopic (exact) mass is 276 g/mol. The first kappa shape index (κ1) is 14.3. The molecule has 0 aliphatic carbocycles. The van der Waals surface area contributed by atoms with Crippen molar-refractivity contribution in [3.63, 3.8) is 0 Å². The third kappa shape index (κ3) is 3.07. The number of pyridine rings is 1. The Morgan fingerprint density at radius 2 is 2.20 bits per heavy atom. The molecule has 1 aromatic rings. The maximum atomic E-state index is 12.1. The van der Waals surface area contributed by atoms with Gasteiger partial charge in [0, 0.05) is 18.4 Å². The van der Waals surface area contributed by atoms with Crippen LogP contribution in [0.4, 0.5) is 10.5 Å². The van der Waals surface area contributed by atoms with Gasteiger partial charge in [0.25, 0.3) is 5.91 Å². The molecule has 20 heavy (non-hydrogen) atoms. The summed E-state index contributed by atoms with van der Waals surface area (Å²) < 4.78 is 0. The van der Waals surface area contributed by atoms with Crippen molar-refractivity contribution >= 4 is 17.6 Å². The van der Waals surface area contributed by atoms with Crippen molar-refractivity contribution in [1.82, 2.24) is 15.2 Å². The van der Waals surface area contributed by atoms with Crippen LogP contribution >= 0.6 is 0 Å². The molecule has 6 nitrogen and oxygen atoms in total. The van der Waals surface area contributed by atoms with Crippen LogP contribution in [0.15, 0.2) is 18.3 Å². The predicted molar refractivity (Wildman–Crippen MR) is 76.2 cm³/mol. The van der Waals surface area contributed by atoms with Gasteiger partial charge in [-0.3, -0.25) is 14.7 Å². The molecule has 0 spiro atoms. The number of aromatic nitrogens is 1. The van der Waals surface area contributed by atoms with Crippen LogP contribution < -0.4 is 10.6 Å². The van der Waals surface area contributed by atoms with Crippen molar-refractivity contribution < 1.29 is 9.59 Å². The van der Waals surface area contributed by atoms with Gasteiger partial charge in [-0.15, -0.1) is 0 Å². The maximum Gasteiger partial charge on any atom is 0.325 e. The van der Waals surface area contributed by atoms with Crippen LogP contribution in [0.2, 0.25) is 0 Å². The lowest BCUT2D eigenvalue weighted by Crippen LogP contribution is -2.31. The van der Waals surface area contributed by atoms with Gasteiger partial charge in [-0.05, 0) is 25.5 Å². The van der Waals surface area contributed by atoms with E-state index >= 15 is 0 Å². The van der Waals surface area contributed by atoms with Gasteiger partial charge >= 0.3 is 6.03 Å². The fourth-order valence-corrected chi connectivity index (χ4v) is 2.25. The number of imide groups is 1. The molecule has 0 radical (unpaired) electrons. The molecule has 1 fully saturated rings. The minimum atomic E-state index is -0.385. The average Bonchev–Trinajstić information content (AvgIpc) is 2.68. The Hall–Kier alpha value is -2.11. The van der Waals surface area contributed by atoms with Crippen LogP contribution in [-0.2, 0) is 11.3 Å². The summed E-state index contributed by atoms with van der Waals surface area (Å²) in [6.07, 6.45) is 3.21. The molecule has 1 aromatic heterocycles. The molecule has 108 valence electrons. The molecule has 2 rings (SSSR count). The molecule has 1 aliphatic heterocycles. The zero-order valence-corrected chi connectivity index (χ0v) is 11.8. The van der Waals surface area contributed by atoms with Crippen molar-refractivity contribution in [1.29, 1.82) is 0 Å². The predicted octanol–water partition coefficient (Wildman–Crippen LogP) is 1.73. The lowest BCUT2D eigenvalue weighted by atomic mass is 10.1. The second-order valence-corrected chi connectivity index (χ2v) is 4.78. The van der Waals surface area contributed by atoms with Gasteiger partial charge in [0.15, 0.2) is 0 Å². The third-order valence-corrected chi connectivity index (χ3v) is 3.20. The minimum absolute atomic E-state index is 0.160. The molecule has 6 heteroatoms. The summed E-state index contributed by atoms with van der Waals surface area (Å²) >= 11 is 0. The van der Waals surface area contributed by atoms with Crippen molar-refractivity contribution in [2.75, 3.05) is 11.9 Å². The number of hydrogen-bond acceptors (Lipinski definition) is 4. The second-order valence-electron chi connectivity index (χ2n) is 4.78. The highest BCUT2D eigenvalue weighted by Gasteiger charge is 2.37. The lowest BCUT2D eigenvalue weighted by Gasteiger charge is -2.13. The topological polar surface area (TPSA) is 74.3 Å². The molecule has 0 saturated carbocycles. The molecule has 1 saturated heterocycles. The quantitative estimate of drug-likeness (QED) is 0.776. The van der Waals surface area contributed by atoms with E-state index in [0.29, 0.717) is 12.1 Å². The van der Waals surface area contributed by atoms with Gasteiger partial charge < -0.3 is 10.6 Å². The summed E-state index contributed by atoms with van der Waals surface area (Å²) in [5.41, 5.74) is 1.64. The lowest BCUT2D eigenvalue weighted by molar-refractivity contribution is -0.128. The van der Waals surface area contributed by atoms with Crippen LogP contribution in [0.1, 0.15) is 32.4 Å². The number of hydrogen-bond donors (Lipinski definition) is 2. The fourth-order valence-electron chi connectivity index (χ4n) is 2.25. The average molecular weight is 276 g/mol. The maximum absolute atomic E-state index is 12.1. The number of anilines is 1. The van der Waals surface area contributed by atoms with Gasteiger partial charge in [-0.1, -0.05) is 13.3 Å². The van der Waals surface area contributed by atoms with Crippen molar-refractivity contribution in [3.05, 3.63) is 24.0 Å². The van der Waals surface area contributed by atoms with Crippen molar-refractivity contribution in [2.24, 2.45) is 0 Å². The Morgan fingerprint density at radius 3 is 2.90 bits per heavy atom. The summed E-state index contributed by atoms with van der Waals surface area (Å²) in [5.74, 6) is -0.160. The van der Waals surface area contributed by atoms with E-state index in [1.807, 2.05) is 26.0 Å². The number of carbonyl (C=O) groups excluding carboxylic acids is 2. The summed E-state index contributed by atoms with van der Waals surface area (Å²) in [6, 6.07) is 3.00. The first-order valence-corrected chi connectivity index (χ1v) is 6.96. The number of carbonyl (C=O) groups is 2. The van der Waals surface area contributed by atoms with Crippen LogP contribution in [0.25, 0.3) is 0 Å². The van der Waals surface area contributed by atoms with E-state index in [9.17, 15) is 9.59 Å². The number of urea groups is 1. The second kappa shape index (κ2) is 6.36. The highest BCUT2D eigenvalue weighted by molar-refractivity contribution is 6.04. The van der Waals surface area contributed by atoms with Crippen molar-refractivity contribution in [3.8, 4) is 0 Å². The highest BCUT2D eigenvalue weighted by atomic mass is 16.2. The Bertz CT molecular complexity index is 504. The van der Waals surface area contributed by atoms with Crippen LogP contribution in [0.3, 0.4) is 0 Å². The molecule has 3 amide bonds. The zero-order valence-electron chi connectivity index (χ0n) is 11.8. The zero-order chi connectivity index (χ0) is 14.5. The van der Waals surface area contributed by atoms with Crippen LogP contribution in [0, 0.1) is 0 Å². The van der Waals surface area contributed by atoms with E-state index in [1.54, 1.807) is 6.20 Å². The van der Waals surface area contributed by atoms with E-state index < -0.39 is 0 Å². The fraction of sp³-hybridized carbons (Fsp3) is 0.500. The molecule has 2 heterocycles. The van der Waals surface area contributed by atoms with Gasteiger partial charge in [-0.2, -0.15) is 0 Å². The summed E-state index contributed by atoms with van der Waals surface area (Å²) in [7, 11) is 0. The van der Waals surface area contributed by atoms with E-state index in [4.69, 9.17) is 0 Å². The molecule has 1 atom stereocenters. The summed E-state index contributed by atoms with van der Waals surface area (Å²) in [5, 5.41) is 5.89. The van der Waals surface area contributed by atoms with E-state index in [2.05, 4.69) is 15.6 Å². The largest absolute Gasteiger partial charge is 0.385 e. The molecule has 1 unspecified atom stereocenters. The normalized spacial score (nSPS) is 18.3. The van der Waals surface area contributed by atoms with Crippen LogP contribution in [-0.4, -0.2) is 34.4 Å². The van der Waals surface area contributed by atoms with Gasteiger partial charge in [0.1, 0.15) is 6.04 Å². The standard InChI is InChI=1S/C14H20N4O2/c1-3-5-12-13(19)18(14(20)17-12)9-11-8-10(15-4-2)6-7-16-11/h6-8,12H,3-5,9H2,1-2H3,(H,15,16)(H,17,20). The first-order chi connectivity index (χ1) is 9.65. The molecule has 0 bridgehead atoms. The van der Waals surface area contributed by atoms with Crippen molar-refractivity contribution in [2.45, 2.75) is 39.3 Å². The summed E-state index contributed by atoms with van der Waals surface area (Å²) in [4.78, 5) is 29.4. The smallest absolute Gasteiger partial charge is 0.325 e. The third-order valence-electron chi connectivity index (χ3n) is 3.20. The van der Waals surface area contributed by atoms with Crippen LogP contribution in [0.5, 0.6) is 0 Å². The Labute approximate surface area is 118 Å². The SMILES string of the molecule is CCCC1NC(=O)N(Cc2cc(NCC)ccn2)C1=O. The Balaban J connectivity index is 2.07. The molecule has 0 aromatic carbocycles.